The van der Waals surface area contributed by atoms with Crippen LogP contribution in [-0.4, -0.2) is 33.5 Å². The first-order valence-electron chi connectivity index (χ1n) is 10.6. The molecule has 2 aliphatic rings. The highest BCUT2D eigenvalue weighted by Gasteiger charge is 2.31. The maximum Gasteiger partial charge on any atom is 0.412 e. The lowest BCUT2D eigenvalue weighted by molar-refractivity contribution is -0.165. The van der Waals surface area contributed by atoms with Crippen molar-refractivity contribution in [3.8, 4) is 0 Å². The molecule has 30 heavy (non-hydrogen) atoms. The lowest BCUT2D eigenvalue weighted by Crippen LogP contribution is -2.38. The largest absolute Gasteiger partial charge is 0.457 e. The zero-order valence-electron chi connectivity index (χ0n) is 17.9. The molecule has 4 rings (SSSR count). The summed E-state index contributed by atoms with van der Waals surface area (Å²) < 4.78 is 12.6. The van der Waals surface area contributed by atoms with E-state index in [1.807, 2.05) is 0 Å². The number of carbonyl (C=O) groups is 2. The van der Waals surface area contributed by atoms with Gasteiger partial charge in [0.2, 0.25) is 6.10 Å². The minimum Gasteiger partial charge on any atom is -0.457 e. The number of benzene rings is 1. The molecule has 1 amide bonds. The molecule has 160 valence electrons. The van der Waals surface area contributed by atoms with Gasteiger partial charge in [-0.05, 0) is 87.6 Å². The van der Waals surface area contributed by atoms with Crippen LogP contribution in [0.5, 0.6) is 0 Å². The molecular formula is C23H29N3O4. The number of anilines is 1. The Morgan fingerprint density at radius 3 is 2.37 bits per heavy atom. The van der Waals surface area contributed by atoms with E-state index in [1.54, 1.807) is 43.9 Å². The molecule has 2 aliphatic carbocycles. The van der Waals surface area contributed by atoms with Crippen LogP contribution in [0.25, 0.3) is 0 Å². The number of nitrogens with zero attached hydrogens (tertiary/aromatic N) is 2. The third kappa shape index (κ3) is 4.50. The summed E-state index contributed by atoms with van der Waals surface area (Å²) in [5, 5.41) is 7.09. The van der Waals surface area contributed by atoms with Crippen molar-refractivity contribution in [3.63, 3.8) is 0 Å². The second-order valence-corrected chi connectivity index (χ2v) is 9.01. The van der Waals surface area contributed by atoms with E-state index in [2.05, 4.69) is 16.5 Å². The Hall–Kier alpha value is -2.83. The topological polar surface area (TPSA) is 82.5 Å². The van der Waals surface area contributed by atoms with Gasteiger partial charge in [0.15, 0.2) is 0 Å². The highest BCUT2D eigenvalue weighted by Crippen LogP contribution is 2.38. The van der Waals surface area contributed by atoms with Gasteiger partial charge >= 0.3 is 12.1 Å². The van der Waals surface area contributed by atoms with E-state index in [4.69, 9.17) is 9.47 Å². The van der Waals surface area contributed by atoms with Crippen LogP contribution in [0, 0.1) is 0 Å². The summed E-state index contributed by atoms with van der Waals surface area (Å²) in [4.78, 5) is 25.5. The third-order valence-electron chi connectivity index (χ3n) is 5.53. The number of ether oxygens (including phenoxy) is 2. The highest BCUT2D eigenvalue weighted by atomic mass is 16.6. The van der Waals surface area contributed by atoms with Crippen molar-refractivity contribution >= 4 is 17.7 Å². The number of hydrogen-bond acceptors (Lipinski definition) is 5. The van der Waals surface area contributed by atoms with E-state index in [9.17, 15) is 9.59 Å². The Balaban J connectivity index is 1.53. The second kappa shape index (κ2) is 8.13. The molecule has 2 aromatic rings. The third-order valence-corrected chi connectivity index (χ3v) is 5.53. The zero-order chi connectivity index (χ0) is 21.3. The van der Waals surface area contributed by atoms with Gasteiger partial charge in [-0.1, -0.05) is 6.07 Å². The maximum absolute atomic E-state index is 12.9. The quantitative estimate of drug-likeness (QED) is 0.757. The second-order valence-electron chi connectivity index (χ2n) is 9.01. The molecule has 1 unspecified atom stereocenters. The van der Waals surface area contributed by atoms with Gasteiger partial charge in [-0.3, -0.25) is 10.00 Å². The van der Waals surface area contributed by atoms with Gasteiger partial charge in [0.1, 0.15) is 5.60 Å². The summed E-state index contributed by atoms with van der Waals surface area (Å²) in [5.74, 6) is -0.586. The van der Waals surface area contributed by atoms with Crippen LogP contribution in [0.1, 0.15) is 55.9 Å². The molecule has 1 aromatic carbocycles. The first-order valence-corrected chi connectivity index (χ1v) is 10.6. The first-order chi connectivity index (χ1) is 14.3. The van der Waals surface area contributed by atoms with Crippen molar-refractivity contribution in [1.82, 2.24) is 9.78 Å². The molecule has 0 spiro atoms. The SMILES string of the molecule is CC(C)(C)OC(=O)C(Cn1cccn1)OC(=O)Nc1c2c(cc3c1CCC3)CCC2. The fourth-order valence-electron chi connectivity index (χ4n) is 4.33. The van der Waals surface area contributed by atoms with E-state index in [-0.39, 0.29) is 6.54 Å². The molecule has 0 fully saturated rings. The predicted octanol–water partition coefficient (Wildman–Crippen LogP) is 3.82. The Kier molecular flexibility index (Phi) is 5.54. The molecule has 0 saturated carbocycles. The van der Waals surface area contributed by atoms with Crippen LogP contribution in [0.4, 0.5) is 10.5 Å². The number of hydrogen-bond donors (Lipinski definition) is 1. The van der Waals surface area contributed by atoms with E-state index < -0.39 is 23.8 Å². The fraction of sp³-hybridized carbons (Fsp3) is 0.522. The molecule has 1 N–H and O–H groups in total. The summed E-state index contributed by atoms with van der Waals surface area (Å²) in [6, 6.07) is 4.06. The molecule has 7 nitrogen and oxygen atoms in total. The van der Waals surface area contributed by atoms with Gasteiger partial charge in [0.25, 0.3) is 0 Å². The molecule has 1 atom stereocenters. The lowest BCUT2D eigenvalue weighted by Gasteiger charge is -2.24. The predicted molar refractivity (Wildman–Crippen MR) is 112 cm³/mol. The van der Waals surface area contributed by atoms with Crippen LogP contribution in [0.3, 0.4) is 0 Å². The Morgan fingerprint density at radius 2 is 1.80 bits per heavy atom. The minimum absolute atomic E-state index is 0.0976. The number of aryl methyl sites for hydroxylation is 2. The number of carbonyl (C=O) groups excluding carboxylic acids is 2. The zero-order valence-corrected chi connectivity index (χ0v) is 17.9. The average Bonchev–Trinajstić information content (AvgIpc) is 3.40. The molecule has 0 saturated heterocycles. The minimum atomic E-state index is -1.09. The molecule has 0 bridgehead atoms. The standard InChI is InChI=1S/C23H29N3O4/c1-23(2,3)30-21(27)19(14-26-12-6-11-24-26)29-22(28)25-20-17-9-4-7-15(17)13-16-8-5-10-18(16)20/h6,11-13,19H,4-5,7-10,14H2,1-3H3,(H,25,28). The Labute approximate surface area is 176 Å². The number of fused-ring (bicyclic) bond motifs is 2. The Morgan fingerprint density at radius 1 is 1.13 bits per heavy atom. The highest BCUT2D eigenvalue weighted by molar-refractivity contribution is 5.90. The van der Waals surface area contributed by atoms with Crippen molar-refractivity contribution in [2.24, 2.45) is 0 Å². The van der Waals surface area contributed by atoms with Gasteiger partial charge in [-0.2, -0.15) is 5.10 Å². The average molecular weight is 412 g/mol. The molecule has 7 heteroatoms. The van der Waals surface area contributed by atoms with E-state index >= 15 is 0 Å². The van der Waals surface area contributed by atoms with Crippen LogP contribution in [-0.2, 0) is 46.5 Å². The van der Waals surface area contributed by atoms with E-state index in [0.717, 1.165) is 44.2 Å². The fourth-order valence-corrected chi connectivity index (χ4v) is 4.33. The number of amides is 1. The molecule has 1 aromatic heterocycles. The van der Waals surface area contributed by atoms with E-state index in [0.29, 0.717) is 0 Å². The van der Waals surface area contributed by atoms with E-state index in [1.165, 1.54) is 22.3 Å². The van der Waals surface area contributed by atoms with Crippen LogP contribution >= 0.6 is 0 Å². The Bertz CT molecular complexity index is 912. The van der Waals surface area contributed by atoms with Gasteiger partial charge < -0.3 is 9.47 Å². The summed E-state index contributed by atoms with van der Waals surface area (Å²) in [6.07, 6.45) is 7.82. The summed E-state index contributed by atoms with van der Waals surface area (Å²) in [5.41, 5.74) is 5.30. The lowest BCUT2D eigenvalue weighted by atomic mass is 9.99. The number of nitrogens with one attached hydrogen (secondary N) is 1. The monoisotopic (exact) mass is 411 g/mol. The van der Waals surface area contributed by atoms with Crippen molar-refractivity contribution in [2.45, 2.75) is 77.5 Å². The van der Waals surface area contributed by atoms with Crippen LogP contribution < -0.4 is 5.32 Å². The van der Waals surface area contributed by atoms with Crippen molar-refractivity contribution in [3.05, 3.63) is 46.8 Å². The van der Waals surface area contributed by atoms with Gasteiger partial charge in [0, 0.05) is 12.4 Å². The molecule has 0 aliphatic heterocycles. The maximum atomic E-state index is 12.9. The summed E-state index contributed by atoms with van der Waals surface area (Å²) in [7, 11) is 0. The first kappa shape index (κ1) is 20.4. The van der Waals surface area contributed by atoms with Crippen molar-refractivity contribution < 1.29 is 19.1 Å². The van der Waals surface area contributed by atoms with Gasteiger partial charge in [-0.15, -0.1) is 0 Å². The number of aromatic nitrogens is 2. The number of rotatable bonds is 5. The normalized spacial score (nSPS) is 16.0. The number of esters is 1. The van der Waals surface area contributed by atoms with Crippen LogP contribution in [0.2, 0.25) is 0 Å². The molecular weight excluding hydrogens is 382 g/mol. The summed E-state index contributed by atoms with van der Waals surface area (Å²) >= 11 is 0. The summed E-state index contributed by atoms with van der Waals surface area (Å²) in [6.45, 7) is 5.45. The van der Waals surface area contributed by atoms with Crippen molar-refractivity contribution in [1.29, 1.82) is 0 Å². The molecule has 0 radical (unpaired) electrons. The van der Waals surface area contributed by atoms with Gasteiger partial charge in [0.05, 0.1) is 12.2 Å². The smallest absolute Gasteiger partial charge is 0.412 e. The molecule has 1 heterocycles. The van der Waals surface area contributed by atoms with Crippen molar-refractivity contribution in [2.75, 3.05) is 5.32 Å². The van der Waals surface area contributed by atoms with Crippen LogP contribution in [0.15, 0.2) is 24.5 Å². The van der Waals surface area contributed by atoms with Gasteiger partial charge in [-0.25, -0.2) is 9.59 Å².